The highest BCUT2D eigenvalue weighted by atomic mass is 16.3. The lowest BCUT2D eigenvalue weighted by Crippen LogP contribution is -2.22. The molecular weight excluding hydrogens is 392 g/mol. The van der Waals surface area contributed by atoms with Gasteiger partial charge >= 0.3 is 0 Å². The van der Waals surface area contributed by atoms with Gasteiger partial charge in [0.25, 0.3) is 0 Å². The molecule has 162 valence electrons. The van der Waals surface area contributed by atoms with Crippen molar-refractivity contribution in [3.8, 4) is 11.1 Å². The van der Waals surface area contributed by atoms with Crippen LogP contribution in [-0.2, 0) is 0 Å². The first-order valence-electron chi connectivity index (χ1n) is 12.1. The number of rotatable bonds is 5. The number of imidazole rings is 1. The molecule has 2 aliphatic carbocycles. The van der Waals surface area contributed by atoms with Crippen molar-refractivity contribution in [1.29, 1.82) is 0 Å². The SMILES string of the molecule is O[C@H](c1c(C2CC2)ccc2cncn12)C1CCC(c2ccc(-c3ccccc3)cc2)CC1. The third-order valence-electron chi connectivity index (χ3n) is 7.66. The Morgan fingerprint density at radius 2 is 1.44 bits per heavy atom. The summed E-state index contributed by atoms with van der Waals surface area (Å²) in [5.74, 6) is 1.53. The molecule has 6 rings (SSSR count). The average Bonchev–Trinajstić information content (AvgIpc) is 3.60. The van der Waals surface area contributed by atoms with Gasteiger partial charge in [0.2, 0.25) is 0 Å². The van der Waals surface area contributed by atoms with Gasteiger partial charge < -0.3 is 9.51 Å². The van der Waals surface area contributed by atoms with Crippen LogP contribution in [0.2, 0.25) is 0 Å². The summed E-state index contributed by atoms with van der Waals surface area (Å²) in [4.78, 5) is 4.34. The molecule has 0 aliphatic heterocycles. The summed E-state index contributed by atoms with van der Waals surface area (Å²) in [6.45, 7) is 0. The van der Waals surface area contributed by atoms with E-state index >= 15 is 0 Å². The van der Waals surface area contributed by atoms with Gasteiger partial charge in [-0.2, -0.15) is 0 Å². The number of nitrogens with zero attached hydrogens (tertiary/aromatic N) is 2. The first-order valence-corrected chi connectivity index (χ1v) is 12.1. The number of fused-ring (bicyclic) bond motifs is 1. The summed E-state index contributed by atoms with van der Waals surface area (Å²) in [6.07, 6.45) is 10.3. The Bertz CT molecular complexity index is 1200. The molecule has 2 aromatic heterocycles. The van der Waals surface area contributed by atoms with Crippen LogP contribution < -0.4 is 0 Å². The highest BCUT2D eigenvalue weighted by Gasteiger charge is 2.34. The van der Waals surface area contributed by atoms with Crippen molar-refractivity contribution in [2.75, 3.05) is 0 Å². The lowest BCUT2D eigenvalue weighted by atomic mass is 9.75. The number of hydrogen-bond acceptors (Lipinski definition) is 2. The van der Waals surface area contributed by atoms with Gasteiger partial charge in [0.1, 0.15) is 0 Å². The smallest absolute Gasteiger partial charge is 0.0995 e. The first kappa shape index (κ1) is 19.8. The van der Waals surface area contributed by atoms with Crippen LogP contribution in [0.3, 0.4) is 0 Å². The van der Waals surface area contributed by atoms with Gasteiger partial charge in [0.05, 0.1) is 29.8 Å². The van der Waals surface area contributed by atoms with Gasteiger partial charge in [0, 0.05) is 0 Å². The molecule has 1 atom stereocenters. The Hall–Kier alpha value is -2.91. The first-order chi connectivity index (χ1) is 15.8. The summed E-state index contributed by atoms with van der Waals surface area (Å²) < 4.78 is 2.13. The molecule has 3 heteroatoms. The molecule has 0 radical (unpaired) electrons. The zero-order valence-electron chi connectivity index (χ0n) is 18.4. The van der Waals surface area contributed by atoms with E-state index in [0.29, 0.717) is 17.8 Å². The van der Waals surface area contributed by atoms with Crippen LogP contribution in [0.25, 0.3) is 16.6 Å². The van der Waals surface area contributed by atoms with E-state index in [4.69, 9.17) is 0 Å². The van der Waals surface area contributed by atoms with Gasteiger partial charge in [-0.15, -0.1) is 0 Å². The Balaban J connectivity index is 1.17. The van der Waals surface area contributed by atoms with Crippen molar-refractivity contribution in [1.82, 2.24) is 9.38 Å². The van der Waals surface area contributed by atoms with Gasteiger partial charge in [0.15, 0.2) is 0 Å². The minimum absolute atomic E-state index is 0.320. The second-order valence-corrected chi connectivity index (χ2v) is 9.68. The molecule has 2 heterocycles. The molecule has 1 N–H and O–H groups in total. The zero-order valence-corrected chi connectivity index (χ0v) is 18.4. The van der Waals surface area contributed by atoms with Crippen LogP contribution in [0.4, 0.5) is 0 Å². The van der Waals surface area contributed by atoms with Crippen LogP contribution in [0.1, 0.15) is 73.3 Å². The molecule has 2 saturated carbocycles. The highest BCUT2D eigenvalue weighted by Crippen LogP contribution is 2.47. The number of benzene rings is 2. The Morgan fingerprint density at radius 3 is 2.16 bits per heavy atom. The molecule has 2 fully saturated rings. The summed E-state index contributed by atoms with van der Waals surface area (Å²) in [7, 11) is 0. The van der Waals surface area contributed by atoms with Crippen molar-refractivity contribution in [2.45, 2.75) is 56.5 Å². The van der Waals surface area contributed by atoms with Crippen molar-refractivity contribution in [2.24, 2.45) is 5.92 Å². The van der Waals surface area contributed by atoms with E-state index in [1.54, 1.807) is 0 Å². The standard InChI is InChI=1S/C29H30N2O/c32-29(28-27(24-12-13-24)17-16-26-18-30-19-31(26)28)25-14-10-23(11-15-25)22-8-6-21(7-9-22)20-4-2-1-3-5-20/h1-9,16-19,23-25,29,32H,10-15H2/t23?,25?,29-/m0/s1. The zero-order chi connectivity index (χ0) is 21.5. The van der Waals surface area contributed by atoms with Crippen LogP contribution in [0, 0.1) is 5.92 Å². The summed E-state index contributed by atoms with van der Waals surface area (Å²) in [5.41, 5.74) is 7.49. The maximum absolute atomic E-state index is 11.5. The van der Waals surface area contributed by atoms with E-state index in [2.05, 4.69) is 76.1 Å². The van der Waals surface area contributed by atoms with Gasteiger partial charge in [-0.25, -0.2) is 4.98 Å². The quantitative estimate of drug-likeness (QED) is 0.380. The highest BCUT2D eigenvalue weighted by molar-refractivity contribution is 5.63. The normalized spacial score (nSPS) is 22.2. The third-order valence-corrected chi connectivity index (χ3v) is 7.66. The maximum atomic E-state index is 11.5. The molecule has 4 aromatic rings. The fourth-order valence-corrected chi connectivity index (χ4v) is 5.65. The fraction of sp³-hybridized carbons (Fsp3) is 0.345. The van der Waals surface area contributed by atoms with Gasteiger partial charge in [-0.3, -0.25) is 0 Å². The molecule has 32 heavy (non-hydrogen) atoms. The Labute approximate surface area is 189 Å². The molecule has 0 amide bonds. The molecule has 0 unspecified atom stereocenters. The van der Waals surface area contributed by atoms with E-state index in [1.165, 1.54) is 35.1 Å². The van der Waals surface area contributed by atoms with Crippen molar-refractivity contribution >= 4 is 5.52 Å². The van der Waals surface area contributed by atoms with E-state index in [-0.39, 0.29) is 0 Å². The van der Waals surface area contributed by atoms with Crippen LogP contribution in [0.5, 0.6) is 0 Å². The molecular formula is C29H30N2O. The second-order valence-electron chi connectivity index (χ2n) is 9.68. The van der Waals surface area contributed by atoms with E-state index < -0.39 is 6.10 Å². The molecule has 0 spiro atoms. The van der Waals surface area contributed by atoms with Crippen molar-refractivity contribution in [3.63, 3.8) is 0 Å². The summed E-state index contributed by atoms with van der Waals surface area (Å²) >= 11 is 0. The molecule has 3 nitrogen and oxygen atoms in total. The van der Waals surface area contributed by atoms with Gasteiger partial charge in [-0.05, 0) is 84.6 Å². The Morgan fingerprint density at radius 1 is 0.750 bits per heavy atom. The molecule has 0 bridgehead atoms. The predicted octanol–water partition coefficient (Wildman–Crippen LogP) is 6.89. The summed E-state index contributed by atoms with van der Waals surface area (Å²) in [5, 5.41) is 11.5. The topological polar surface area (TPSA) is 37.5 Å². The Kier molecular flexibility index (Phi) is 5.07. The molecule has 2 aromatic carbocycles. The number of hydrogen-bond donors (Lipinski definition) is 1. The van der Waals surface area contributed by atoms with Crippen molar-refractivity contribution in [3.05, 3.63) is 96.1 Å². The molecule has 0 saturated heterocycles. The van der Waals surface area contributed by atoms with Crippen LogP contribution in [0.15, 0.2) is 79.3 Å². The lowest BCUT2D eigenvalue weighted by molar-refractivity contribution is 0.0754. The largest absolute Gasteiger partial charge is 0.387 e. The lowest BCUT2D eigenvalue weighted by Gasteiger charge is -2.33. The van der Waals surface area contributed by atoms with E-state index in [9.17, 15) is 5.11 Å². The predicted molar refractivity (Wildman–Crippen MR) is 129 cm³/mol. The fourth-order valence-electron chi connectivity index (χ4n) is 5.65. The minimum Gasteiger partial charge on any atom is -0.387 e. The van der Waals surface area contributed by atoms with Crippen molar-refractivity contribution < 1.29 is 5.11 Å². The van der Waals surface area contributed by atoms with E-state index in [0.717, 1.165) is 36.9 Å². The monoisotopic (exact) mass is 422 g/mol. The number of aliphatic hydroxyl groups excluding tert-OH is 1. The summed E-state index contributed by atoms with van der Waals surface area (Å²) in [6, 6.07) is 24.1. The van der Waals surface area contributed by atoms with E-state index in [1.807, 2.05) is 12.5 Å². The molecule has 2 aliphatic rings. The maximum Gasteiger partial charge on any atom is 0.0995 e. The van der Waals surface area contributed by atoms with Crippen LogP contribution in [-0.4, -0.2) is 14.5 Å². The van der Waals surface area contributed by atoms with Gasteiger partial charge in [-0.1, -0.05) is 60.7 Å². The van der Waals surface area contributed by atoms with Crippen LogP contribution >= 0.6 is 0 Å². The number of pyridine rings is 1. The number of aliphatic hydroxyl groups is 1. The second kappa shape index (κ2) is 8.22. The minimum atomic E-state index is -0.412. The number of aromatic nitrogens is 2. The average molecular weight is 423 g/mol. The third kappa shape index (κ3) is 3.65.